The topological polar surface area (TPSA) is 63.1 Å². The largest absolute Gasteiger partial charge is 0.481 e. The first-order valence-electron chi connectivity index (χ1n) is 5.08. The fraction of sp³-hybridized carbons (Fsp3) is 0.250. The van der Waals surface area contributed by atoms with E-state index in [0.29, 0.717) is 6.42 Å². The summed E-state index contributed by atoms with van der Waals surface area (Å²) < 4.78 is 0. The number of pyridine rings is 2. The Hall–Kier alpha value is -1.97. The molecule has 0 saturated carbocycles. The molecule has 2 aromatic rings. The second-order valence-electron chi connectivity index (χ2n) is 3.86. The third kappa shape index (κ3) is 2.16. The fourth-order valence-electron chi connectivity index (χ4n) is 1.57. The zero-order valence-electron chi connectivity index (χ0n) is 8.92. The van der Waals surface area contributed by atoms with Gasteiger partial charge < -0.3 is 5.11 Å². The van der Waals surface area contributed by atoms with Gasteiger partial charge in [-0.25, -0.2) is 0 Å². The van der Waals surface area contributed by atoms with E-state index in [0.717, 1.165) is 16.5 Å². The van der Waals surface area contributed by atoms with Crippen LogP contribution in [0.15, 0.2) is 30.7 Å². The number of aromatic nitrogens is 2. The van der Waals surface area contributed by atoms with Crippen LogP contribution in [0.2, 0.25) is 0 Å². The lowest BCUT2D eigenvalue weighted by Crippen LogP contribution is -2.12. The van der Waals surface area contributed by atoms with Crippen LogP contribution in [-0.2, 0) is 11.2 Å². The Labute approximate surface area is 93.0 Å². The lowest BCUT2D eigenvalue weighted by Gasteiger charge is -2.06. The first kappa shape index (κ1) is 10.5. The maximum Gasteiger partial charge on any atom is 0.306 e. The van der Waals surface area contributed by atoms with Crippen molar-refractivity contribution in [2.24, 2.45) is 5.92 Å². The van der Waals surface area contributed by atoms with Crippen LogP contribution < -0.4 is 0 Å². The van der Waals surface area contributed by atoms with Crippen molar-refractivity contribution in [1.82, 2.24) is 9.97 Å². The van der Waals surface area contributed by atoms with Gasteiger partial charge in [0.25, 0.3) is 0 Å². The molecule has 1 N–H and O–H groups in total. The molecular weight excluding hydrogens is 204 g/mol. The number of aliphatic carboxylic acids is 1. The van der Waals surface area contributed by atoms with Gasteiger partial charge in [-0.05, 0) is 24.1 Å². The molecule has 0 radical (unpaired) electrons. The van der Waals surface area contributed by atoms with E-state index >= 15 is 0 Å². The molecule has 16 heavy (non-hydrogen) atoms. The number of carbonyl (C=O) groups is 1. The van der Waals surface area contributed by atoms with Crippen molar-refractivity contribution in [1.29, 1.82) is 0 Å². The van der Waals surface area contributed by atoms with Crippen LogP contribution in [0.25, 0.3) is 10.9 Å². The summed E-state index contributed by atoms with van der Waals surface area (Å²) in [5.41, 5.74) is 1.77. The molecule has 2 rings (SSSR count). The Morgan fingerprint density at radius 1 is 1.50 bits per heavy atom. The van der Waals surface area contributed by atoms with E-state index in [1.165, 1.54) is 0 Å². The Morgan fingerprint density at radius 2 is 2.31 bits per heavy atom. The Kier molecular flexibility index (Phi) is 2.81. The third-order valence-corrected chi connectivity index (χ3v) is 2.51. The maximum atomic E-state index is 10.7. The van der Waals surface area contributed by atoms with E-state index in [4.69, 9.17) is 5.11 Å². The monoisotopic (exact) mass is 216 g/mol. The molecule has 0 fully saturated rings. The summed E-state index contributed by atoms with van der Waals surface area (Å²) >= 11 is 0. The van der Waals surface area contributed by atoms with Crippen LogP contribution in [0.4, 0.5) is 0 Å². The molecule has 0 aliphatic heterocycles. The number of hydrogen-bond donors (Lipinski definition) is 1. The summed E-state index contributed by atoms with van der Waals surface area (Å²) in [5, 5.41) is 9.82. The fourth-order valence-corrected chi connectivity index (χ4v) is 1.57. The zero-order valence-corrected chi connectivity index (χ0v) is 8.92. The first-order valence-corrected chi connectivity index (χ1v) is 5.08. The van der Waals surface area contributed by atoms with Crippen molar-refractivity contribution in [3.05, 3.63) is 36.3 Å². The van der Waals surface area contributed by atoms with Crippen molar-refractivity contribution >= 4 is 16.9 Å². The molecule has 2 heterocycles. The summed E-state index contributed by atoms with van der Waals surface area (Å²) in [7, 11) is 0. The van der Waals surface area contributed by atoms with Crippen LogP contribution in [0.1, 0.15) is 12.5 Å². The van der Waals surface area contributed by atoms with Crippen LogP contribution in [0.3, 0.4) is 0 Å². The number of carboxylic acid groups (broad SMARTS) is 1. The van der Waals surface area contributed by atoms with Crippen LogP contribution in [0.5, 0.6) is 0 Å². The molecule has 0 spiro atoms. The van der Waals surface area contributed by atoms with Crippen LogP contribution >= 0.6 is 0 Å². The summed E-state index contributed by atoms with van der Waals surface area (Å²) in [4.78, 5) is 19.0. The van der Waals surface area contributed by atoms with Crippen molar-refractivity contribution in [3.63, 3.8) is 0 Å². The lowest BCUT2D eigenvalue weighted by molar-refractivity contribution is -0.141. The maximum absolute atomic E-state index is 10.7. The molecule has 1 unspecified atom stereocenters. The molecule has 4 nitrogen and oxygen atoms in total. The molecule has 0 saturated heterocycles. The Balaban J connectivity index is 2.29. The minimum atomic E-state index is -0.783. The lowest BCUT2D eigenvalue weighted by atomic mass is 10.0. The minimum Gasteiger partial charge on any atom is -0.481 e. The van der Waals surface area contributed by atoms with Gasteiger partial charge >= 0.3 is 5.97 Å². The zero-order chi connectivity index (χ0) is 11.5. The first-order chi connectivity index (χ1) is 7.66. The Bertz CT molecular complexity index is 525. The van der Waals surface area contributed by atoms with Crippen molar-refractivity contribution in [3.8, 4) is 0 Å². The summed E-state index contributed by atoms with van der Waals surface area (Å²) in [6.07, 6.45) is 5.61. The highest BCUT2D eigenvalue weighted by atomic mass is 16.4. The predicted octanol–water partition coefficient (Wildman–Crippen LogP) is 1.89. The molecule has 0 amide bonds. The average Bonchev–Trinajstić information content (AvgIpc) is 2.28. The normalized spacial score (nSPS) is 12.6. The van der Waals surface area contributed by atoms with Gasteiger partial charge in [0.05, 0.1) is 17.6 Å². The highest BCUT2D eigenvalue weighted by Crippen LogP contribution is 2.14. The molecule has 82 valence electrons. The van der Waals surface area contributed by atoms with Crippen molar-refractivity contribution in [2.75, 3.05) is 0 Å². The number of nitrogens with zero attached hydrogens (tertiary/aromatic N) is 2. The van der Waals surface area contributed by atoms with Gasteiger partial charge in [0.15, 0.2) is 0 Å². The number of carboxylic acids is 1. The van der Waals surface area contributed by atoms with Gasteiger partial charge in [0.2, 0.25) is 0 Å². The van der Waals surface area contributed by atoms with Gasteiger partial charge in [-0.3, -0.25) is 14.8 Å². The van der Waals surface area contributed by atoms with Crippen LogP contribution in [0, 0.1) is 5.92 Å². The quantitative estimate of drug-likeness (QED) is 0.851. The molecule has 4 heteroatoms. The third-order valence-electron chi connectivity index (χ3n) is 2.51. The van der Waals surface area contributed by atoms with E-state index in [1.54, 1.807) is 25.5 Å². The molecule has 2 aromatic heterocycles. The van der Waals surface area contributed by atoms with E-state index in [1.807, 2.05) is 12.1 Å². The highest BCUT2D eigenvalue weighted by Gasteiger charge is 2.11. The molecule has 0 aliphatic rings. The van der Waals surface area contributed by atoms with E-state index in [-0.39, 0.29) is 5.92 Å². The number of hydrogen-bond acceptors (Lipinski definition) is 3. The predicted molar refractivity (Wildman–Crippen MR) is 60.0 cm³/mol. The second-order valence-corrected chi connectivity index (χ2v) is 3.86. The van der Waals surface area contributed by atoms with Gasteiger partial charge in [0.1, 0.15) is 0 Å². The van der Waals surface area contributed by atoms with Gasteiger partial charge in [-0.1, -0.05) is 6.92 Å². The second kappa shape index (κ2) is 4.26. The SMILES string of the molecule is CC(Cc1cnc2cnccc2c1)C(=O)O. The Morgan fingerprint density at radius 3 is 3.06 bits per heavy atom. The number of rotatable bonds is 3. The van der Waals surface area contributed by atoms with Gasteiger partial charge in [0, 0.05) is 17.8 Å². The molecule has 0 bridgehead atoms. The molecule has 0 aromatic carbocycles. The summed E-state index contributed by atoms with van der Waals surface area (Å²) in [6, 6.07) is 3.83. The standard InChI is InChI=1S/C12H12N2O2/c1-8(12(15)16)4-9-5-10-2-3-13-7-11(10)14-6-9/h2-3,5-8H,4H2,1H3,(H,15,16). The molecule has 1 atom stereocenters. The smallest absolute Gasteiger partial charge is 0.306 e. The van der Waals surface area contributed by atoms with Crippen molar-refractivity contribution in [2.45, 2.75) is 13.3 Å². The van der Waals surface area contributed by atoms with E-state index in [2.05, 4.69) is 9.97 Å². The van der Waals surface area contributed by atoms with E-state index in [9.17, 15) is 4.79 Å². The summed E-state index contributed by atoms with van der Waals surface area (Å²) in [6.45, 7) is 1.69. The molecular formula is C12H12N2O2. The van der Waals surface area contributed by atoms with E-state index < -0.39 is 5.97 Å². The minimum absolute atomic E-state index is 0.388. The van der Waals surface area contributed by atoms with Gasteiger partial charge in [-0.2, -0.15) is 0 Å². The highest BCUT2D eigenvalue weighted by molar-refractivity contribution is 5.78. The number of fused-ring (bicyclic) bond motifs is 1. The molecule has 0 aliphatic carbocycles. The average molecular weight is 216 g/mol. The van der Waals surface area contributed by atoms with Crippen LogP contribution in [-0.4, -0.2) is 21.0 Å². The van der Waals surface area contributed by atoms with Crippen molar-refractivity contribution < 1.29 is 9.90 Å². The summed E-state index contributed by atoms with van der Waals surface area (Å²) in [5.74, 6) is -1.17. The van der Waals surface area contributed by atoms with Gasteiger partial charge in [-0.15, -0.1) is 0 Å².